The van der Waals surface area contributed by atoms with Gasteiger partial charge in [-0.25, -0.2) is 0 Å². The maximum absolute atomic E-state index is 3.49. The van der Waals surface area contributed by atoms with Crippen molar-refractivity contribution in [2.24, 2.45) is 5.92 Å². The monoisotopic (exact) mass is 217 g/mol. The highest BCUT2D eigenvalue weighted by atomic mass is 14.8. The van der Waals surface area contributed by atoms with E-state index in [9.17, 15) is 0 Å². The average Bonchev–Trinajstić information content (AvgIpc) is 2.52. The van der Waals surface area contributed by atoms with Gasteiger partial charge in [-0.3, -0.25) is 0 Å². The molecule has 0 aromatic heterocycles. The van der Waals surface area contributed by atoms with E-state index in [1.807, 2.05) is 0 Å². The molecule has 1 aromatic rings. The first kappa shape index (κ1) is 11.7. The first-order chi connectivity index (χ1) is 7.77. The van der Waals surface area contributed by atoms with E-state index >= 15 is 0 Å². The summed E-state index contributed by atoms with van der Waals surface area (Å²) in [5.74, 6) is 0.884. The molecule has 0 aliphatic carbocycles. The zero-order valence-electron chi connectivity index (χ0n) is 10.6. The summed E-state index contributed by atoms with van der Waals surface area (Å²) in [6.45, 7) is 6.91. The van der Waals surface area contributed by atoms with Gasteiger partial charge in [-0.05, 0) is 75.2 Å². The Morgan fingerprint density at radius 1 is 1.12 bits per heavy atom. The molecule has 1 atom stereocenters. The van der Waals surface area contributed by atoms with E-state index in [1.54, 1.807) is 5.56 Å². The first-order valence-corrected chi connectivity index (χ1v) is 6.53. The third kappa shape index (κ3) is 2.85. The number of hydrogen-bond donors (Lipinski definition) is 1. The van der Waals surface area contributed by atoms with Crippen molar-refractivity contribution < 1.29 is 0 Å². The molecule has 1 heterocycles. The van der Waals surface area contributed by atoms with Crippen molar-refractivity contribution in [1.29, 1.82) is 0 Å². The lowest BCUT2D eigenvalue weighted by Gasteiger charge is -2.17. The average molecular weight is 217 g/mol. The molecule has 1 aromatic carbocycles. The van der Waals surface area contributed by atoms with Crippen molar-refractivity contribution in [2.75, 3.05) is 13.1 Å². The van der Waals surface area contributed by atoms with E-state index < -0.39 is 0 Å². The van der Waals surface area contributed by atoms with Gasteiger partial charge in [0.2, 0.25) is 0 Å². The van der Waals surface area contributed by atoms with Gasteiger partial charge in [0.15, 0.2) is 0 Å². The number of benzene rings is 1. The molecule has 88 valence electrons. The second-order valence-electron chi connectivity index (χ2n) is 5.12. The number of aryl methyl sites for hydroxylation is 2. The first-order valence-electron chi connectivity index (χ1n) is 6.53. The zero-order chi connectivity index (χ0) is 11.4. The lowest BCUT2D eigenvalue weighted by Crippen LogP contribution is -2.14. The van der Waals surface area contributed by atoms with Gasteiger partial charge in [-0.2, -0.15) is 0 Å². The Morgan fingerprint density at radius 2 is 1.88 bits per heavy atom. The summed E-state index contributed by atoms with van der Waals surface area (Å²) in [4.78, 5) is 0. The molecule has 1 heteroatoms. The molecule has 1 N–H and O–H groups in total. The zero-order valence-corrected chi connectivity index (χ0v) is 10.6. The maximum Gasteiger partial charge on any atom is -0.00462 e. The number of hydrogen-bond acceptors (Lipinski definition) is 1. The molecule has 1 aliphatic rings. The summed E-state index contributed by atoms with van der Waals surface area (Å²) in [6, 6.07) is 6.66. The normalized spacial score (nSPS) is 21.8. The standard InChI is InChI=1S/C15H23N/c1-12-5-3-6-13(2)15(12)11-14-7-4-9-16-10-8-14/h3,5-6,14,16H,4,7-11H2,1-2H3. The van der Waals surface area contributed by atoms with Crippen molar-refractivity contribution in [3.05, 3.63) is 34.9 Å². The minimum absolute atomic E-state index is 0.884. The van der Waals surface area contributed by atoms with Gasteiger partial charge in [0.25, 0.3) is 0 Å². The van der Waals surface area contributed by atoms with Crippen LogP contribution in [0.1, 0.15) is 36.0 Å². The SMILES string of the molecule is Cc1cccc(C)c1CC1CCCNCC1. The Morgan fingerprint density at radius 3 is 2.62 bits per heavy atom. The molecule has 0 radical (unpaired) electrons. The van der Waals surface area contributed by atoms with E-state index in [-0.39, 0.29) is 0 Å². The van der Waals surface area contributed by atoms with Gasteiger partial charge >= 0.3 is 0 Å². The minimum atomic E-state index is 0.884. The molecule has 1 nitrogen and oxygen atoms in total. The Kier molecular flexibility index (Phi) is 4.00. The highest BCUT2D eigenvalue weighted by molar-refractivity contribution is 5.33. The molecule has 16 heavy (non-hydrogen) atoms. The number of rotatable bonds is 2. The van der Waals surface area contributed by atoms with E-state index in [2.05, 4.69) is 37.4 Å². The summed E-state index contributed by atoms with van der Waals surface area (Å²) < 4.78 is 0. The van der Waals surface area contributed by atoms with Gasteiger partial charge in [-0.15, -0.1) is 0 Å². The van der Waals surface area contributed by atoms with E-state index in [4.69, 9.17) is 0 Å². The van der Waals surface area contributed by atoms with E-state index in [1.165, 1.54) is 49.9 Å². The summed E-state index contributed by atoms with van der Waals surface area (Å²) >= 11 is 0. The molecule has 0 spiro atoms. The van der Waals surface area contributed by atoms with Crippen LogP contribution in [0.2, 0.25) is 0 Å². The van der Waals surface area contributed by atoms with Crippen LogP contribution in [0.4, 0.5) is 0 Å². The van der Waals surface area contributed by atoms with Crippen molar-refractivity contribution >= 4 is 0 Å². The molecule has 1 aliphatic heterocycles. The Balaban J connectivity index is 2.07. The smallest absolute Gasteiger partial charge is 0.00462 e. The van der Waals surface area contributed by atoms with Crippen LogP contribution in [0.5, 0.6) is 0 Å². The van der Waals surface area contributed by atoms with Gasteiger partial charge in [0, 0.05) is 0 Å². The fraction of sp³-hybridized carbons (Fsp3) is 0.600. The fourth-order valence-corrected chi connectivity index (χ4v) is 2.76. The Bertz CT molecular complexity index is 315. The van der Waals surface area contributed by atoms with Crippen molar-refractivity contribution in [1.82, 2.24) is 5.32 Å². The van der Waals surface area contributed by atoms with E-state index in [0.717, 1.165) is 5.92 Å². The van der Waals surface area contributed by atoms with Crippen LogP contribution in [0, 0.1) is 19.8 Å². The highest BCUT2D eigenvalue weighted by Crippen LogP contribution is 2.23. The number of nitrogens with one attached hydrogen (secondary N) is 1. The molecule has 1 unspecified atom stereocenters. The largest absolute Gasteiger partial charge is 0.317 e. The van der Waals surface area contributed by atoms with Gasteiger partial charge in [-0.1, -0.05) is 18.2 Å². The van der Waals surface area contributed by atoms with Crippen LogP contribution >= 0.6 is 0 Å². The van der Waals surface area contributed by atoms with Crippen molar-refractivity contribution in [2.45, 2.75) is 39.5 Å². The van der Waals surface area contributed by atoms with Crippen LogP contribution in [0.3, 0.4) is 0 Å². The Hall–Kier alpha value is -0.820. The lowest BCUT2D eigenvalue weighted by atomic mass is 9.88. The van der Waals surface area contributed by atoms with Crippen LogP contribution in [0.25, 0.3) is 0 Å². The van der Waals surface area contributed by atoms with Crippen LogP contribution in [0.15, 0.2) is 18.2 Å². The van der Waals surface area contributed by atoms with Crippen molar-refractivity contribution in [3.63, 3.8) is 0 Å². The summed E-state index contributed by atoms with van der Waals surface area (Å²) in [5.41, 5.74) is 4.53. The summed E-state index contributed by atoms with van der Waals surface area (Å²) in [7, 11) is 0. The Labute approximate surface area is 99.3 Å². The second-order valence-corrected chi connectivity index (χ2v) is 5.12. The predicted octanol–water partition coefficient (Wildman–Crippen LogP) is 3.24. The molecule has 1 saturated heterocycles. The van der Waals surface area contributed by atoms with Gasteiger partial charge < -0.3 is 5.32 Å². The van der Waals surface area contributed by atoms with Crippen LogP contribution in [-0.2, 0) is 6.42 Å². The molecule has 0 amide bonds. The van der Waals surface area contributed by atoms with Crippen LogP contribution in [-0.4, -0.2) is 13.1 Å². The van der Waals surface area contributed by atoms with Gasteiger partial charge in [0.05, 0.1) is 0 Å². The predicted molar refractivity (Wildman–Crippen MR) is 69.8 cm³/mol. The molecule has 2 rings (SSSR count). The third-order valence-corrected chi connectivity index (χ3v) is 3.83. The summed E-state index contributed by atoms with van der Waals surface area (Å²) in [6.07, 6.45) is 5.35. The highest BCUT2D eigenvalue weighted by Gasteiger charge is 2.14. The third-order valence-electron chi connectivity index (χ3n) is 3.83. The summed E-state index contributed by atoms with van der Waals surface area (Å²) in [5, 5.41) is 3.49. The minimum Gasteiger partial charge on any atom is -0.317 e. The lowest BCUT2D eigenvalue weighted by molar-refractivity contribution is 0.468. The van der Waals surface area contributed by atoms with Gasteiger partial charge in [0.1, 0.15) is 0 Å². The topological polar surface area (TPSA) is 12.0 Å². The molecule has 0 saturated carbocycles. The molecule has 0 bridgehead atoms. The quantitative estimate of drug-likeness (QED) is 0.802. The molecular weight excluding hydrogens is 194 g/mol. The fourth-order valence-electron chi connectivity index (χ4n) is 2.76. The van der Waals surface area contributed by atoms with E-state index in [0.29, 0.717) is 0 Å². The second kappa shape index (κ2) is 5.49. The van der Waals surface area contributed by atoms with Crippen LogP contribution < -0.4 is 5.32 Å². The maximum atomic E-state index is 3.49. The molecular formula is C15H23N. The van der Waals surface area contributed by atoms with Crippen molar-refractivity contribution in [3.8, 4) is 0 Å². The molecule has 1 fully saturated rings.